The molecular weight excluding hydrogens is 292 g/mol. The number of fused-ring (bicyclic) bond motifs is 1. The van der Waals surface area contributed by atoms with E-state index in [9.17, 15) is 4.79 Å². The van der Waals surface area contributed by atoms with Gasteiger partial charge < -0.3 is 10.4 Å². The maximum Gasteiger partial charge on any atom is 0.404 e. The van der Waals surface area contributed by atoms with Gasteiger partial charge in [0.15, 0.2) is 5.15 Å². The molecule has 1 aliphatic carbocycles. The van der Waals surface area contributed by atoms with E-state index in [0.717, 1.165) is 37.0 Å². The molecule has 0 aromatic carbocycles. The average molecular weight is 309 g/mol. The summed E-state index contributed by atoms with van der Waals surface area (Å²) >= 11 is 6.07. The number of amides is 1. The molecule has 1 aliphatic rings. The van der Waals surface area contributed by atoms with Gasteiger partial charge in [0.05, 0.1) is 6.20 Å². The molecule has 0 aliphatic heterocycles. The van der Waals surface area contributed by atoms with Gasteiger partial charge in [-0.3, -0.25) is 4.40 Å². The number of nitrogens with zero attached hydrogens (tertiary/aromatic N) is 3. The molecule has 2 aromatic heterocycles. The lowest BCUT2D eigenvalue weighted by Crippen LogP contribution is -2.30. The molecule has 6 nitrogen and oxygen atoms in total. The summed E-state index contributed by atoms with van der Waals surface area (Å²) in [6.07, 6.45) is 8.46. The molecule has 7 heteroatoms. The van der Waals surface area contributed by atoms with E-state index in [0.29, 0.717) is 23.5 Å². The minimum absolute atomic E-state index is 0.395. The van der Waals surface area contributed by atoms with Crippen LogP contribution in [0.1, 0.15) is 37.4 Å². The lowest BCUT2D eigenvalue weighted by Gasteiger charge is -2.27. The summed E-state index contributed by atoms with van der Waals surface area (Å²) in [6, 6.07) is 0. The highest BCUT2D eigenvalue weighted by Gasteiger charge is 2.25. The Morgan fingerprint density at radius 1 is 1.38 bits per heavy atom. The van der Waals surface area contributed by atoms with Crippen molar-refractivity contribution in [3.05, 3.63) is 29.6 Å². The average Bonchev–Trinajstić information content (AvgIpc) is 2.91. The fourth-order valence-electron chi connectivity index (χ4n) is 3.07. The van der Waals surface area contributed by atoms with Crippen LogP contribution in [0.3, 0.4) is 0 Å². The SMILES string of the molecule is O=C(O)NC[C@H]1CC[C@H](c2ncc3c(Cl)nccn32)CC1. The largest absolute Gasteiger partial charge is 0.465 e. The maximum atomic E-state index is 10.5. The van der Waals surface area contributed by atoms with Gasteiger partial charge in [-0.1, -0.05) is 11.6 Å². The summed E-state index contributed by atoms with van der Waals surface area (Å²) < 4.78 is 2.01. The zero-order valence-corrected chi connectivity index (χ0v) is 12.3. The van der Waals surface area contributed by atoms with Gasteiger partial charge in [-0.25, -0.2) is 14.8 Å². The van der Waals surface area contributed by atoms with E-state index < -0.39 is 6.09 Å². The fraction of sp³-hybridized carbons (Fsp3) is 0.500. The van der Waals surface area contributed by atoms with E-state index in [4.69, 9.17) is 16.7 Å². The monoisotopic (exact) mass is 308 g/mol. The van der Waals surface area contributed by atoms with Crippen LogP contribution in [0.15, 0.2) is 18.6 Å². The van der Waals surface area contributed by atoms with Crippen LogP contribution in [0.25, 0.3) is 5.52 Å². The number of halogens is 1. The second-order valence-corrected chi connectivity index (χ2v) is 5.85. The van der Waals surface area contributed by atoms with Crippen LogP contribution in [-0.4, -0.2) is 32.1 Å². The van der Waals surface area contributed by atoms with Gasteiger partial charge in [-0.05, 0) is 31.6 Å². The number of rotatable bonds is 3. The molecule has 2 N–H and O–H groups in total. The van der Waals surface area contributed by atoms with E-state index in [1.165, 1.54) is 0 Å². The number of nitrogens with one attached hydrogen (secondary N) is 1. The molecule has 1 saturated carbocycles. The molecule has 0 radical (unpaired) electrons. The van der Waals surface area contributed by atoms with Gasteiger partial charge in [0, 0.05) is 24.9 Å². The van der Waals surface area contributed by atoms with Crippen molar-refractivity contribution in [2.45, 2.75) is 31.6 Å². The Bertz CT molecular complexity index is 649. The molecule has 2 aromatic rings. The Hall–Kier alpha value is -1.82. The van der Waals surface area contributed by atoms with Crippen LogP contribution in [0, 0.1) is 5.92 Å². The normalized spacial score (nSPS) is 22.3. The first-order chi connectivity index (χ1) is 10.1. The van der Waals surface area contributed by atoms with E-state index >= 15 is 0 Å². The molecule has 0 atom stereocenters. The van der Waals surface area contributed by atoms with Crippen LogP contribution in [0.2, 0.25) is 5.15 Å². The van der Waals surface area contributed by atoms with Crippen molar-refractivity contribution in [2.24, 2.45) is 5.92 Å². The molecule has 21 heavy (non-hydrogen) atoms. The van der Waals surface area contributed by atoms with Crippen LogP contribution in [0.5, 0.6) is 0 Å². The van der Waals surface area contributed by atoms with Crippen LogP contribution < -0.4 is 5.32 Å². The van der Waals surface area contributed by atoms with Gasteiger partial charge in [-0.2, -0.15) is 0 Å². The number of carbonyl (C=O) groups is 1. The summed E-state index contributed by atoms with van der Waals surface area (Å²) in [5.41, 5.74) is 0.837. The number of imidazole rings is 1. The molecule has 0 bridgehead atoms. The summed E-state index contributed by atoms with van der Waals surface area (Å²) in [5.74, 6) is 1.85. The van der Waals surface area contributed by atoms with E-state index in [2.05, 4.69) is 15.3 Å². The Labute approximate surface area is 127 Å². The van der Waals surface area contributed by atoms with Crippen LogP contribution in [-0.2, 0) is 0 Å². The lowest BCUT2D eigenvalue weighted by atomic mass is 9.81. The van der Waals surface area contributed by atoms with Crippen LogP contribution >= 0.6 is 11.6 Å². The molecule has 0 unspecified atom stereocenters. The van der Waals surface area contributed by atoms with Gasteiger partial charge in [-0.15, -0.1) is 0 Å². The molecule has 3 rings (SSSR count). The number of hydrogen-bond acceptors (Lipinski definition) is 3. The van der Waals surface area contributed by atoms with Crippen molar-refractivity contribution >= 4 is 23.2 Å². The third-order valence-electron chi connectivity index (χ3n) is 4.19. The van der Waals surface area contributed by atoms with Gasteiger partial charge in [0.25, 0.3) is 0 Å². The fourth-order valence-corrected chi connectivity index (χ4v) is 3.27. The zero-order valence-electron chi connectivity index (χ0n) is 11.5. The summed E-state index contributed by atoms with van der Waals surface area (Å²) in [7, 11) is 0. The third kappa shape index (κ3) is 2.95. The minimum Gasteiger partial charge on any atom is -0.465 e. The molecule has 0 saturated heterocycles. The molecule has 1 amide bonds. The highest BCUT2D eigenvalue weighted by Crippen LogP contribution is 2.35. The molecule has 1 fully saturated rings. The van der Waals surface area contributed by atoms with Crippen LogP contribution in [0.4, 0.5) is 4.79 Å². The second kappa shape index (κ2) is 5.89. The highest BCUT2D eigenvalue weighted by atomic mass is 35.5. The Kier molecular flexibility index (Phi) is 3.96. The van der Waals surface area contributed by atoms with Crippen molar-refractivity contribution in [2.75, 3.05) is 6.54 Å². The quantitative estimate of drug-likeness (QED) is 0.913. The van der Waals surface area contributed by atoms with Crippen molar-refractivity contribution < 1.29 is 9.90 Å². The minimum atomic E-state index is -0.946. The number of carboxylic acid groups (broad SMARTS) is 1. The first-order valence-corrected chi connectivity index (χ1v) is 7.47. The second-order valence-electron chi connectivity index (χ2n) is 5.49. The summed E-state index contributed by atoms with van der Waals surface area (Å²) in [5, 5.41) is 11.6. The first-order valence-electron chi connectivity index (χ1n) is 7.09. The van der Waals surface area contributed by atoms with E-state index in [1.807, 2.05) is 10.6 Å². The first kappa shape index (κ1) is 14.1. The predicted molar refractivity (Wildman–Crippen MR) is 78.7 cm³/mol. The predicted octanol–water partition coefficient (Wildman–Crippen LogP) is 2.92. The highest BCUT2D eigenvalue weighted by molar-refractivity contribution is 6.32. The molecular formula is C14H17ClN4O2. The smallest absolute Gasteiger partial charge is 0.404 e. The Morgan fingerprint density at radius 3 is 2.86 bits per heavy atom. The summed E-state index contributed by atoms with van der Waals surface area (Å²) in [6.45, 7) is 0.542. The molecule has 2 heterocycles. The van der Waals surface area contributed by atoms with Gasteiger partial charge >= 0.3 is 6.09 Å². The van der Waals surface area contributed by atoms with Crippen molar-refractivity contribution in [1.82, 2.24) is 19.7 Å². The standard InChI is InChI=1S/C14H17ClN4O2/c15-12-11-8-17-13(19(11)6-5-16-12)10-3-1-9(2-4-10)7-18-14(20)21/h5-6,8-10,18H,1-4,7H2,(H,20,21)/t9-,10-. The van der Waals surface area contributed by atoms with Crippen molar-refractivity contribution in [3.63, 3.8) is 0 Å². The Balaban J connectivity index is 1.68. The molecule has 0 spiro atoms. The topological polar surface area (TPSA) is 79.5 Å². The maximum absolute atomic E-state index is 10.5. The van der Waals surface area contributed by atoms with Crippen molar-refractivity contribution in [3.8, 4) is 0 Å². The molecule has 112 valence electrons. The summed E-state index contributed by atoms with van der Waals surface area (Å²) in [4.78, 5) is 19.1. The van der Waals surface area contributed by atoms with Gasteiger partial charge in [0.2, 0.25) is 0 Å². The third-order valence-corrected chi connectivity index (χ3v) is 4.49. The van der Waals surface area contributed by atoms with E-state index in [1.54, 1.807) is 12.4 Å². The zero-order chi connectivity index (χ0) is 14.8. The Morgan fingerprint density at radius 2 is 2.14 bits per heavy atom. The number of aromatic nitrogens is 3. The lowest BCUT2D eigenvalue weighted by molar-refractivity contribution is 0.189. The van der Waals surface area contributed by atoms with Gasteiger partial charge in [0.1, 0.15) is 11.3 Å². The number of hydrogen-bond donors (Lipinski definition) is 2. The van der Waals surface area contributed by atoms with E-state index in [-0.39, 0.29) is 0 Å². The van der Waals surface area contributed by atoms with Crippen molar-refractivity contribution in [1.29, 1.82) is 0 Å².